The first-order chi connectivity index (χ1) is 12.7. The molecule has 0 radical (unpaired) electrons. The van der Waals surface area contributed by atoms with Crippen LogP contribution in [0.2, 0.25) is 0 Å². The summed E-state index contributed by atoms with van der Waals surface area (Å²) in [5, 5.41) is 0. The molecule has 132 valence electrons. The van der Waals surface area contributed by atoms with Crippen LogP contribution in [0.4, 0.5) is 0 Å². The third-order valence-electron chi connectivity index (χ3n) is 4.35. The van der Waals surface area contributed by atoms with Gasteiger partial charge in [-0.25, -0.2) is 0 Å². The number of hydrogen-bond donors (Lipinski definition) is 0. The van der Waals surface area contributed by atoms with E-state index in [1.807, 2.05) is 97.6 Å². The quantitative estimate of drug-likeness (QED) is 0.579. The Balaban J connectivity index is 2.13. The number of amides is 1. The Kier molecular flexibility index (Phi) is 5.69. The van der Waals surface area contributed by atoms with Gasteiger partial charge in [0, 0.05) is 13.1 Å². The lowest BCUT2D eigenvalue weighted by Crippen LogP contribution is -2.31. The van der Waals surface area contributed by atoms with E-state index in [0.717, 1.165) is 11.1 Å². The molecular weight excluding hydrogens is 322 g/mol. The predicted molar refractivity (Wildman–Crippen MR) is 106 cm³/mol. The maximum Gasteiger partial charge on any atom is 0.258 e. The van der Waals surface area contributed by atoms with Gasteiger partial charge in [0.25, 0.3) is 5.91 Å². The highest BCUT2D eigenvalue weighted by Crippen LogP contribution is 2.34. The van der Waals surface area contributed by atoms with Crippen LogP contribution in [0.25, 0.3) is 11.1 Å². The SMILES string of the molecule is CCN(CC)C(=O)c1c(Oc2ccccc2)cccc1-c1ccccc1. The van der Waals surface area contributed by atoms with Crippen molar-refractivity contribution in [2.45, 2.75) is 13.8 Å². The van der Waals surface area contributed by atoms with Gasteiger partial charge < -0.3 is 9.64 Å². The zero-order chi connectivity index (χ0) is 18.4. The molecule has 0 atom stereocenters. The molecule has 1 amide bonds. The summed E-state index contributed by atoms with van der Waals surface area (Å²) in [7, 11) is 0. The standard InChI is InChI=1S/C23H23NO2/c1-3-24(4-2)23(25)22-20(18-12-7-5-8-13-18)16-11-17-21(22)26-19-14-9-6-10-15-19/h5-17H,3-4H2,1-2H3. The molecule has 0 aliphatic heterocycles. The van der Waals surface area contributed by atoms with Crippen LogP contribution < -0.4 is 4.74 Å². The average Bonchev–Trinajstić information content (AvgIpc) is 2.70. The summed E-state index contributed by atoms with van der Waals surface area (Å²) >= 11 is 0. The van der Waals surface area contributed by atoms with E-state index in [9.17, 15) is 4.79 Å². The van der Waals surface area contributed by atoms with E-state index in [-0.39, 0.29) is 5.91 Å². The van der Waals surface area contributed by atoms with Gasteiger partial charge in [0.05, 0.1) is 5.56 Å². The van der Waals surface area contributed by atoms with Crippen molar-refractivity contribution in [3.8, 4) is 22.6 Å². The van der Waals surface area contributed by atoms with Crippen LogP contribution in [-0.2, 0) is 0 Å². The smallest absolute Gasteiger partial charge is 0.258 e. The fourth-order valence-corrected chi connectivity index (χ4v) is 2.98. The van der Waals surface area contributed by atoms with Gasteiger partial charge in [-0.1, -0.05) is 60.7 Å². The molecule has 0 aromatic heterocycles. The minimum atomic E-state index is -0.0135. The summed E-state index contributed by atoms with van der Waals surface area (Å²) in [6.07, 6.45) is 0. The van der Waals surface area contributed by atoms with Crippen LogP contribution in [0.3, 0.4) is 0 Å². The van der Waals surface area contributed by atoms with Crippen molar-refractivity contribution in [2.24, 2.45) is 0 Å². The predicted octanol–water partition coefficient (Wildman–Crippen LogP) is 5.63. The van der Waals surface area contributed by atoms with Gasteiger partial charge in [-0.2, -0.15) is 0 Å². The molecule has 0 saturated carbocycles. The third kappa shape index (κ3) is 3.77. The monoisotopic (exact) mass is 345 g/mol. The first-order valence-electron chi connectivity index (χ1n) is 8.95. The number of ether oxygens (including phenoxy) is 1. The Labute approximate surface area is 154 Å². The fraction of sp³-hybridized carbons (Fsp3) is 0.174. The van der Waals surface area contributed by atoms with Gasteiger partial charge in [-0.3, -0.25) is 4.79 Å². The highest BCUT2D eigenvalue weighted by molar-refractivity contribution is 6.03. The molecule has 0 N–H and O–H groups in total. The Bertz CT molecular complexity index is 856. The topological polar surface area (TPSA) is 29.5 Å². The Morgan fingerprint density at radius 2 is 1.42 bits per heavy atom. The van der Waals surface area contributed by atoms with Crippen LogP contribution >= 0.6 is 0 Å². The average molecular weight is 345 g/mol. The van der Waals surface area contributed by atoms with E-state index in [0.29, 0.717) is 30.2 Å². The van der Waals surface area contributed by atoms with Crippen LogP contribution in [0.1, 0.15) is 24.2 Å². The van der Waals surface area contributed by atoms with E-state index in [2.05, 4.69) is 0 Å². The minimum absolute atomic E-state index is 0.0135. The second kappa shape index (κ2) is 8.34. The number of para-hydroxylation sites is 1. The molecule has 3 heteroatoms. The molecule has 26 heavy (non-hydrogen) atoms. The Hall–Kier alpha value is -3.07. The summed E-state index contributed by atoms with van der Waals surface area (Å²) in [5.41, 5.74) is 2.49. The molecule has 3 nitrogen and oxygen atoms in total. The lowest BCUT2D eigenvalue weighted by atomic mass is 9.97. The van der Waals surface area contributed by atoms with Crippen molar-refractivity contribution in [1.29, 1.82) is 0 Å². The lowest BCUT2D eigenvalue weighted by molar-refractivity contribution is 0.0771. The summed E-state index contributed by atoms with van der Waals surface area (Å²) in [4.78, 5) is 15.1. The molecule has 3 rings (SSSR count). The van der Waals surface area contributed by atoms with Gasteiger partial charge in [-0.05, 0) is 43.2 Å². The van der Waals surface area contributed by atoms with Gasteiger partial charge >= 0.3 is 0 Å². The van der Waals surface area contributed by atoms with Crippen LogP contribution in [0.15, 0.2) is 78.9 Å². The summed E-state index contributed by atoms with van der Waals surface area (Å²) in [6, 6.07) is 25.3. The zero-order valence-corrected chi connectivity index (χ0v) is 15.2. The van der Waals surface area contributed by atoms with Crippen LogP contribution in [-0.4, -0.2) is 23.9 Å². The highest BCUT2D eigenvalue weighted by atomic mass is 16.5. The van der Waals surface area contributed by atoms with E-state index in [1.54, 1.807) is 0 Å². The second-order valence-electron chi connectivity index (χ2n) is 5.94. The molecule has 0 aliphatic carbocycles. The highest BCUT2D eigenvalue weighted by Gasteiger charge is 2.22. The van der Waals surface area contributed by atoms with Crippen molar-refractivity contribution in [1.82, 2.24) is 4.90 Å². The van der Waals surface area contributed by atoms with Crippen molar-refractivity contribution in [3.05, 3.63) is 84.4 Å². The Morgan fingerprint density at radius 1 is 0.808 bits per heavy atom. The van der Waals surface area contributed by atoms with Crippen molar-refractivity contribution < 1.29 is 9.53 Å². The molecule has 0 spiro atoms. The number of hydrogen-bond acceptors (Lipinski definition) is 2. The normalized spacial score (nSPS) is 10.4. The first-order valence-corrected chi connectivity index (χ1v) is 8.95. The summed E-state index contributed by atoms with van der Waals surface area (Å²) in [6.45, 7) is 5.29. The molecule has 0 saturated heterocycles. The van der Waals surface area contributed by atoms with E-state index < -0.39 is 0 Å². The van der Waals surface area contributed by atoms with E-state index >= 15 is 0 Å². The van der Waals surface area contributed by atoms with Crippen LogP contribution in [0.5, 0.6) is 11.5 Å². The van der Waals surface area contributed by atoms with E-state index in [1.165, 1.54) is 0 Å². The van der Waals surface area contributed by atoms with Gasteiger partial charge in [0.15, 0.2) is 0 Å². The van der Waals surface area contributed by atoms with Crippen molar-refractivity contribution in [3.63, 3.8) is 0 Å². The molecule has 3 aromatic rings. The molecule has 0 unspecified atom stereocenters. The summed E-state index contributed by atoms with van der Waals surface area (Å²) in [5.74, 6) is 1.28. The third-order valence-corrected chi connectivity index (χ3v) is 4.35. The molecule has 0 aliphatic rings. The minimum Gasteiger partial charge on any atom is -0.457 e. The summed E-state index contributed by atoms with van der Waals surface area (Å²) < 4.78 is 6.08. The maximum atomic E-state index is 13.3. The Morgan fingerprint density at radius 3 is 2.04 bits per heavy atom. The molecule has 0 heterocycles. The lowest BCUT2D eigenvalue weighted by Gasteiger charge is -2.22. The molecular formula is C23H23NO2. The fourth-order valence-electron chi connectivity index (χ4n) is 2.98. The van der Waals surface area contributed by atoms with Crippen molar-refractivity contribution in [2.75, 3.05) is 13.1 Å². The largest absolute Gasteiger partial charge is 0.457 e. The molecule has 0 fully saturated rings. The van der Waals surface area contributed by atoms with Gasteiger partial charge in [-0.15, -0.1) is 0 Å². The molecule has 0 bridgehead atoms. The second-order valence-corrected chi connectivity index (χ2v) is 5.94. The van der Waals surface area contributed by atoms with E-state index in [4.69, 9.17) is 4.74 Å². The van der Waals surface area contributed by atoms with Gasteiger partial charge in [0.2, 0.25) is 0 Å². The number of rotatable bonds is 6. The number of carbonyl (C=O) groups is 1. The van der Waals surface area contributed by atoms with Crippen molar-refractivity contribution >= 4 is 5.91 Å². The first kappa shape index (κ1) is 17.7. The van der Waals surface area contributed by atoms with Crippen LogP contribution in [0, 0.1) is 0 Å². The van der Waals surface area contributed by atoms with Gasteiger partial charge in [0.1, 0.15) is 11.5 Å². The number of carbonyl (C=O) groups excluding carboxylic acids is 1. The molecule has 3 aromatic carbocycles. The number of benzene rings is 3. The zero-order valence-electron chi connectivity index (χ0n) is 15.2. The maximum absolute atomic E-state index is 13.3. The number of nitrogens with zero attached hydrogens (tertiary/aromatic N) is 1.